The van der Waals surface area contributed by atoms with Gasteiger partial charge in [0.25, 0.3) is 5.22 Å². The minimum absolute atomic E-state index is 0.141. The number of amides is 1. The van der Waals surface area contributed by atoms with E-state index in [1.807, 2.05) is 4.90 Å². The van der Waals surface area contributed by atoms with Crippen LogP contribution in [0.15, 0.2) is 9.64 Å². The zero-order valence-electron chi connectivity index (χ0n) is 16.5. The van der Waals surface area contributed by atoms with E-state index >= 15 is 0 Å². The molecular formula is C21H31N3O2S. The Balaban J connectivity index is 1.22. The Morgan fingerprint density at radius 2 is 1.63 bits per heavy atom. The van der Waals surface area contributed by atoms with Crippen molar-refractivity contribution >= 4 is 17.7 Å². The third-order valence-corrected chi connectivity index (χ3v) is 8.24. The summed E-state index contributed by atoms with van der Waals surface area (Å²) in [7, 11) is 0. The number of likely N-dealkylation sites (tertiary alicyclic amines) is 1. The molecule has 0 aromatic carbocycles. The Kier molecular flexibility index (Phi) is 4.53. The first-order chi connectivity index (χ1) is 13.0. The molecule has 4 bridgehead atoms. The van der Waals surface area contributed by atoms with Gasteiger partial charge >= 0.3 is 0 Å². The molecule has 27 heavy (non-hydrogen) atoms. The predicted molar refractivity (Wildman–Crippen MR) is 104 cm³/mol. The van der Waals surface area contributed by atoms with E-state index < -0.39 is 0 Å². The van der Waals surface area contributed by atoms with Crippen molar-refractivity contribution in [2.75, 3.05) is 18.8 Å². The van der Waals surface area contributed by atoms with E-state index in [0.717, 1.165) is 36.7 Å². The molecule has 1 amide bonds. The second-order valence-corrected chi connectivity index (χ2v) is 11.0. The highest BCUT2D eigenvalue weighted by atomic mass is 32.2. The van der Waals surface area contributed by atoms with Gasteiger partial charge in [0.05, 0.1) is 5.75 Å². The minimum Gasteiger partial charge on any atom is -0.415 e. The van der Waals surface area contributed by atoms with Crippen LogP contribution in [0.1, 0.15) is 64.7 Å². The second kappa shape index (κ2) is 6.78. The topological polar surface area (TPSA) is 59.2 Å². The maximum absolute atomic E-state index is 12.6. The van der Waals surface area contributed by atoms with Crippen LogP contribution < -0.4 is 0 Å². The molecule has 148 valence electrons. The van der Waals surface area contributed by atoms with Crippen molar-refractivity contribution < 1.29 is 9.21 Å². The van der Waals surface area contributed by atoms with E-state index in [0.29, 0.717) is 22.8 Å². The van der Waals surface area contributed by atoms with Gasteiger partial charge in [0.2, 0.25) is 11.8 Å². The highest BCUT2D eigenvalue weighted by Gasteiger charge is 2.54. The lowest BCUT2D eigenvalue weighted by atomic mass is 9.49. The average molecular weight is 390 g/mol. The fourth-order valence-corrected chi connectivity index (χ4v) is 7.60. The summed E-state index contributed by atoms with van der Waals surface area (Å²) < 4.78 is 6.12. The molecule has 0 spiro atoms. The summed E-state index contributed by atoms with van der Waals surface area (Å²) in [5.41, 5.74) is 0.141. The second-order valence-electron chi connectivity index (χ2n) is 10.1. The Hall–Kier alpha value is -1.04. The van der Waals surface area contributed by atoms with Crippen molar-refractivity contribution in [3.8, 4) is 0 Å². The largest absolute Gasteiger partial charge is 0.415 e. The molecule has 1 aromatic heterocycles. The summed E-state index contributed by atoms with van der Waals surface area (Å²) in [6, 6.07) is 0. The van der Waals surface area contributed by atoms with Crippen LogP contribution in [0, 0.1) is 29.6 Å². The van der Waals surface area contributed by atoms with Crippen molar-refractivity contribution in [1.82, 2.24) is 15.1 Å². The Labute approximate surface area is 166 Å². The number of hydrogen-bond acceptors (Lipinski definition) is 5. The number of piperidine rings is 1. The highest BCUT2D eigenvalue weighted by molar-refractivity contribution is 7.99. The first-order valence-corrected chi connectivity index (χ1v) is 11.7. The lowest BCUT2D eigenvalue weighted by molar-refractivity contribution is -0.130. The van der Waals surface area contributed by atoms with E-state index in [-0.39, 0.29) is 11.3 Å². The van der Waals surface area contributed by atoms with Gasteiger partial charge in [-0.1, -0.05) is 25.6 Å². The Bertz CT molecular complexity index is 673. The summed E-state index contributed by atoms with van der Waals surface area (Å²) in [4.78, 5) is 14.6. The van der Waals surface area contributed by atoms with Crippen molar-refractivity contribution in [2.24, 2.45) is 29.6 Å². The fraction of sp³-hybridized carbons (Fsp3) is 0.857. The smallest absolute Gasteiger partial charge is 0.277 e. The van der Waals surface area contributed by atoms with E-state index in [1.54, 1.807) is 0 Å². The summed E-state index contributed by atoms with van der Waals surface area (Å²) in [5, 5.41) is 9.33. The molecule has 5 aliphatic rings. The number of aromatic nitrogens is 2. The van der Waals surface area contributed by atoms with Crippen molar-refractivity contribution in [2.45, 2.75) is 69.4 Å². The number of hydrogen-bond donors (Lipinski definition) is 0. The maximum Gasteiger partial charge on any atom is 0.277 e. The van der Waals surface area contributed by atoms with Crippen LogP contribution >= 0.6 is 11.8 Å². The molecule has 6 rings (SSSR count). The Morgan fingerprint density at radius 1 is 1.04 bits per heavy atom. The van der Waals surface area contributed by atoms with Crippen LogP contribution in [0.4, 0.5) is 0 Å². The third kappa shape index (κ3) is 3.43. The van der Waals surface area contributed by atoms with E-state index in [9.17, 15) is 4.79 Å². The van der Waals surface area contributed by atoms with Gasteiger partial charge in [-0.2, -0.15) is 0 Å². The molecule has 5 fully saturated rings. The monoisotopic (exact) mass is 389 g/mol. The third-order valence-electron chi connectivity index (χ3n) is 7.44. The SMILES string of the molecule is C[C@@H]1C[C@@H](C)CN(C(=O)CSc2nnc(C34CC5CC(CC(C5)C3)C4)o2)C1. The predicted octanol–water partition coefficient (Wildman–Crippen LogP) is 4.13. The van der Waals surface area contributed by atoms with Crippen LogP contribution in [0.3, 0.4) is 0 Å². The lowest BCUT2D eigenvalue weighted by Gasteiger charge is -2.55. The zero-order chi connectivity index (χ0) is 18.6. The number of nitrogens with zero attached hydrogens (tertiary/aromatic N) is 3. The summed E-state index contributed by atoms with van der Waals surface area (Å²) in [6.45, 7) is 6.23. The molecule has 6 heteroatoms. The normalized spacial score (nSPS) is 40.5. The molecule has 4 aliphatic carbocycles. The molecule has 1 aliphatic heterocycles. The van der Waals surface area contributed by atoms with Gasteiger partial charge in [0, 0.05) is 18.5 Å². The van der Waals surface area contributed by atoms with Crippen molar-refractivity contribution in [3.63, 3.8) is 0 Å². The zero-order valence-corrected chi connectivity index (χ0v) is 17.3. The van der Waals surface area contributed by atoms with Crippen molar-refractivity contribution in [1.29, 1.82) is 0 Å². The standard InChI is InChI=1S/C21H31N3O2S/c1-13-3-14(2)11-24(10-13)18(25)12-27-20-23-22-19(26-20)21-7-15-4-16(8-21)6-17(5-15)9-21/h13-17H,3-12H2,1-2H3/t13-,14-,15?,16?,17?,21?/m1/s1. The fourth-order valence-electron chi connectivity index (χ4n) is 6.94. The first-order valence-electron chi connectivity index (χ1n) is 10.7. The molecule has 0 radical (unpaired) electrons. The molecule has 2 heterocycles. The number of thioether (sulfide) groups is 1. The Morgan fingerprint density at radius 3 is 2.22 bits per heavy atom. The van der Waals surface area contributed by atoms with Gasteiger partial charge in [-0.15, -0.1) is 10.2 Å². The van der Waals surface area contributed by atoms with Crippen molar-refractivity contribution in [3.05, 3.63) is 5.89 Å². The number of rotatable bonds is 4. The number of carbonyl (C=O) groups excluding carboxylic acids is 1. The van der Waals surface area contributed by atoms with Gasteiger partial charge in [-0.25, -0.2) is 0 Å². The van der Waals surface area contributed by atoms with Gasteiger partial charge in [-0.3, -0.25) is 4.79 Å². The van der Waals surface area contributed by atoms with Crippen LogP contribution in [0.5, 0.6) is 0 Å². The minimum atomic E-state index is 0.141. The maximum atomic E-state index is 12.6. The van der Waals surface area contributed by atoms with Crippen LogP contribution in [-0.4, -0.2) is 39.8 Å². The van der Waals surface area contributed by atoms with Crippen LogP contribution in [0.2, 0.25) is 0 Å². The average Bonchev–Trinajstić information content (AvgIpc) is 3.07. The molecule has 2 atom stereocenters. The quantitative estimate of drug-likeness (QED) is 0.725. The summed E-state index contributed by atoms with van der Waals surface area (Å²) >= 11 is 1.42. The lowest BCUT2D eigenvalue weighted by Crippen LogP contribution is -2.48. The molecule has 0 N–H and O–H groups in total. The molecule has 1 saturated heterocycles. The molecule has 0 unspecified atom stereocenters. The molecule has 1 aromatic rings. The molecule has 5 nitrogen and oxygen atoms in total. The van der Waals surface area contributed by atoms with E-state index in [2.05, 4.69) is 24.0 Å². The van der Waals surface area contributed by atoms with Crippen LogP contribution in [0.25, 0.3) is 0 Å². The van der Waals surface area contributed by atoms with Crippen LogP contribution in [-0.2, 0) is 10.2 Å². The first kappa shape index (κ1) is 18.0. The number of carbonyl (C=O) groups is 1. The van der Waals surface area contributed by atoms with E-state index in [1.165, 1.54) is 56.7 Å². The molecule has 4 saturated carbocycles. The highest BCUT2D eigenvalue weighted by Crippen LogP contribution is 2.60. The van der Waals surface area contributed by atoms with Gasteiger partial charge in [0.15, 0.2) is 0 Å². The van der Waals surface area contributed by atoms with Gasteiger partial charge in [0.1, 0.15) is 0 Å². The molecular weight excluding hydrogens is 358 g/mol. The van der Waals surface area contributed by atoms with Gasteiger partial charge in [-0.05, 0) is 74.5 Å². The van der Waals surface area contributed by atoms with Gasteiger partial charge < -0.3 is 9.32 Å². The summed E-state index contributed by atoms with van der Waals surface area (Å²) in [5.74, 6) is 5.24. The van der Waals surface area contributed by atoms with E-state index in [4.69, 9.17) is 4.42 Å². The summed E-state index contributed by atoms with van der Waals surface area (Å²) in [6.07, 6.45) is 9.15.